The summed E-state index contributed by atoms with van der Waals surface area (Å²) in [6.07, 6.45) is 2.91. The maximum Gasteiger partial charge on any atom is 0.138 e. The molecule has 1 aromatic heterocycles. The van der Waals surface area contributed by atoms with Gasteiger partial charge in [0, 0.05) is 18.4 Å². The van der Waals surface area contributed by atoms with Crippen LogP contribution in [0, 0.1) is 5.92 Å². The number of fused-ring (bicyclic) bond motifs is 1. The van der Waals surface area contributed by atoms with Crippen LogP contribution in [0.4, 0.5) is 0 Å². The Morgan fingerprint density at radius 3 is 2.89 bits per heavy atom. The average molecular weight is 257 g/mol. The lowest BCUT2D eigenvalue weighted by atomic mass is 9.99. The van der Waals surface area contributed by atoms with E-state index in [1.165, 1.54) is 5.56 Å². The first-order chi connectivity index (χ1) is 9.16. The molecule has 19 heavy (non-hydrogen) atoms. The third-order valence-electron chi connectivity index (χ3n) is 3.88. The van der Waals surface area contributed by atoms with Gasteiger partial charge in [0.2, 0.25) is 0 Å². The highest BCUT2D eigenvalue weighted by atomic mass is 16.3. The highest BCUT2D eigenvalue weighted by Crippen LogP contribution is 2.37. The smallest absolute Gasteiger partial charge is 0.138 e. The van der Waals surface area contributed by atoms with E-state index in [0.717, 1.165) is 24.2 Å². The molecule has 0 bridgehead atoms. The van der Waals surface area contributed by atoms with Gasteiger partial charge in [0.25, 0.3) is 0 Å². The van der Waals surface area contributed by atoms with Crippen LogP contribution < -0.4 is 0 Å². The van der Waals surface area contributed by atoms with Crippen LogP contribution in [0.15, 0.2) is 30.6 Å². The second-order valence-corrected chi connectivity index (χ2v) is 5.53. The quantitative estimate of drug-likeness (QED) is 0.918. The van der Waals surface area contributed by atoms with E-state index in [1.54, 1.807) is 6.33 Å². The zero-order valence-corrected chi connectivity index (χ0v) is 11.3. The fourth-order valence-electron chi connectivity index (χ4n) is 2.93. The van der Waals surface area contributed by atoms with Crippen molar-refractivity contribution in [1.29, 1.82) is 0 Å². The molecule has 2 aromatic rings. The molecular weight excluding hydrogens is 238 g/mol. The van der Waals surface area contributed by atoms with Gasteiger partial charge in [-0.25, -0.2) is 9.67 Å². The Labute approximate surface area is 113 Å². The summed E-state index contributed by atoms with van der Waals surface area (Å²) < 4.78 is 1.94. The maximum absolute atomic E-state index is 10.4. The third-order valence-corrected chi connectivity index (χ3v) is 3.88. The van der Waals surface area contributed by atoms with E-state index in [9.17, 15) is 5.11 Å². The van der Waals surface area contributed by atoms with Crippen LogP contribution in [0.25, 0.3) is 0 Å². The normalized spacial score (nSPS) is 21.9. The minimum atomic E-state index is -0.381. The van der Waals surface area contributed by atoms with Crippen molar-refractivity contribution in [2.45, 2.75) is 38.8 Å². The van der Waals surface area contributed by atoms with Gasteiger partial charge in [-0.2, -0.15) is 5.10 Å². The highest BCUT2D eigenvalue weighted by molar-refractivity contribution is 5.34. The molecule has 0 radical (unpaired) electrons. The molecule has 1 aromatic carbocycles. The van der Waals surface area contributed by atoms with E-state index < -0.39 is 0 Å². The molecule has 1 aliphatic carbocycles. The van der Waals surface area contributed by atoms with Crippen molar-refractivity contribution < 1.29 is 5.11 Å². The van der Waals surface area contributed by atoms with Crippen LogP contribution >= 0.6 is 0 Å². The second-order valence-electron chi connectivity index (χ2n) is 5.53. The fourth-order valence-corrected chi connectivity index (χ4v) is 2.93. The molecule has 0 amide bonds. The number of nitrogens with zero attached hydrogens (tertiary/aromatic N) is 3. The molecule has 4 heteroatoms. The molecule has 2 atom stereocenters. The first-order valence-electron chi connectivity index (χ1n) is 6.81. The Morgan fingerprint density at radius 2 is 2.16 bits per heavy atom. The van der Waals surface area contributed by atoms with E-state index in [4.69, 9.17) is 0 Å². The van der Waals surface area contributed by atoms with Gasteiger partial charge in [-0.1, -0.05) is 24.3 Å². The zero-order valence-electron chi connectivity index (χ0n) is 11.3. The summed E-state index contributed by atoms with van der Waals surface area (Å²) in [5.74, 6) is 1.17. The van der Waals surface area contributed by atoms with Crippen LogP contribution in [0.5, 0.6) is 0 Å². The van der Waals surface area contributed by atoms with Crippen molar-refractivity contribution in [3.05, 3.63) is 47.5 Å². The monoisotopic (exact) mass is 257 g/mol. The lowest BCUT2D eigenvalue weighted by molar-refractivity contribution is 0.121. The van der Waals surface area contributed by atoms with Crippen LogP contribution in [-0.4, -0.2) is 19.9 Å². The van der Waals surface area contributed by atoms with Crippen molar-refractivity contribution in [1.82, 2.24) is 14.8 Å². The predicted molar refractivity (Wildman–Crippen MR) is 72.7 cm³/mol. The molecular formula is C15H19N3O. The maximum atomic E-state index is 10.4. The first kappa shape index (κ1) is 12.4. The minimum Gasteiger partial charge on any atom is -0.388 e. The van der Waals surface area contributed by atoms with E-state index in [1.807, 2.05) is 22.9 Å². The molecule has 0 saturated heterocycles. The van der Waals surface area contributed by atoms with Crippen LogP contribution in [0.2, 0.25) is 0 Å². The van der Waals surface area contributed by atoms with Gasteiger partial charge in [0.1, 0.15) is 12.2 Å². The largest absolute Gasteiger partial charge is 0.388 e. The first-order valence-corrected chi connectivity index (χ1v) is 6.81. The lowest BCUT2D eigenvalue weighted by Crippen LogP contribution is -2.16. The summed E-state index contributed by atoms with van der Waals surface area (Å²) in [7, 11) is 0. The predicted octanol–water partition coefficient (Wildman–Crippen LogP) is 2.31. The Morgan fingerprint density at radius 1 is 1.37 bits per heavy atom. The van der Waals surface area contributed by atoms with Crippen molar-refractivity contribution >= 4 is 0 Å². The summed E-state index contributed by atoms with van der Waals surface area (Å²) in [6.45, 7) is 4.19. The minimum absolute atomic E-state index is 0.207. The van der Waals surface area contributed by atoms with Gasteiger partial charge >= 0.3 is 0 Å². The third kappa shape index (κ3) is 2.16. The van der Waals surface area contributed by atoms with E-state index in [2.05, 4.69) is 30.0 Å². The van der Waals surface area contributed by atoms with Gasteiger partial charge in [-0.05, 0) is 31.4 Å². The molecule has 1 heterocycles. The van der Waals surface area contributed by atoms with Crippen LogP contribution in [-0.2, 0) is 12.8 Å². The molecule has 0 saturated carbocycles. The summed E-state index contributed by atoms with van der Waals surface area (Å²) in [6, 6.07) is 8.45. The summed E-state index contributed by atoms with van der Waals surface area (Å²) >= 11 is 0. The second kappa shape index (κ2) is 4.78. The molecule has 2 unspecified atom stereocenters. The highest BCUT2D eigenvalue weighted by Gasteiger charge is 2.31. The number of aliphatic hydroxyl groups is 1. The summed E-state index contributed by atoms with van der Waals surface area (Å²) in [5.41, 5.74) is 2.33. The Bertz CT molecular complexity index is 576. The van der Waals surface area contributed by atoms with Crippen molar-refractivity contribution in [3.63, 3.8) is 0 Å². The standard InChI is InChI=1S/C15H19N3O/c1-10(2)18-14(16-9-17-18)8-12-7-11-5-3-4-6-13(11)15(12)19/h3-6,9-10,12,15,19H,7-8H2,1-2H3. The van der Waals surface area contributed by atoms with Gasteiger partial charge in [0.05, 0.1) is 6.10 Å². The molecule has 0 spiro atoms. The number of hydrogen-bond acceptors (Lipinski definition) is 3. The molecule has 1 aliphatic rings. The molecule has 100 valence electrons. The number of aliphatic hydroxyl groups excluding tert-OH is 1. The van der Waals surface area contributed by atoms with Crippen molar-refractivity contribution in [3.8, 4) is 0 Å². The number of hydrogen-bond donors (Lipinski definition) is 1. The van der Waals surface area contributed by atoms with Gasteiger partial charge in [-0.15, -0.1) is 0 Å². The Hall–Kier alpha value is -1.68. The van der Waals surface area contributed by atoms with E-state index in [-0.39, 0.29) is 12.0 Å². The number of aromatic nitrogens is 3. The fraction of sp³-hybridized carbons (Fsp3) is 0.467. The number of benzene rings is 1. The van der Waals surface area contributed by atoms with Crippen LogP contribution in [0.1, 0.15) is 42.9 Å². The topological polar surface area (TPSA) is 50.9 Å². The zero-order chi connectivity index (χ0) is 13.4. The summed E-state index contributed by atoms with van der Waals surface area (Å²) in [4.78, 5) is 4.34. The molecule has 0 aliphatic heterocycles. The van der Waals surface area contributed by atoms with Crippen molar-refractivity contribution in [2.24, 2.45) is 5.92 Å². The van der Waals surface area contributed by atoms with Gasteiger partial charge in [0.15, 0.2) is 0 Å². The van der Waals surface area contributed by atoms with E-state index >= 15 is 0 Å². The Balaban J connectivity index is 1.81. The Kier molecular flexibility index (Phi) is 3.11. The molecule has 4 nitrogen and oxygen atoms in total. The number of rotatable bonds is 3. The molecule has 1 N–H and O–H groups in total. The van der Waals surface area contributed by atoms with Crippen molar-refractivity contribution in [2.75, 3.05) is 0 Å². The SMILES string of the molecule is CC(C)n1ncnc1CC1Cc2ccccc2C1O. The molecule has 0 fully saturated rings. The lowest BCUT2D eigenvalue weighted by Gasteiger charge is -2.16. The van der Waals surface area contributed by atoms with E-state index in [0.29, 0.717) is 6.04 Å². The van der Waals surface area contributed by atoms with Gasteiger partial charge < -0.3 is 5.11 Å². The summed E-state index contributed by atoms with van der Waals surface area (Å²) in [5, 5.41) is 14.7. The average Bonchev–Trinajstić information content (AvgIpc) is 2.97. The van der Waals surface area contributed by atoms with Crippen LogP contribution in [0.3, 0.4) is 0 Å². The molecule has 3 rings (SSSR count). The van der Waals surface area contributed by atoms with Gasteiger partial charge in [-0.3, -0.25) is 0 Å².